The van der Waals surface area contributed by atoms with E-state index in [1.165, 1.54) is 6.20 Å². The summed E-state index contributed by atoms with van der Waals surface area (Å²) in [6, 6.07) is 1.76. The van der Waals surface area contributed by atoms with Crippen LogP contribution in [0.2, 0.25) is 0 Å². The Balaban J connectivity index is 1.74. The molecule has 1 aliphatic rings. The number of nitrogens with zero attached hydrogens (tertiary/aromatic N) is 3. The summed E-state index contributed by atoms with van der Waals surface area (Å²) in [5.74, 6) is -0.249. The van der Waals surface area contributed by atoms with Crippen LogP contribution < -0.4 is 5.32 Å². The molecular formula is C18H21N5O2. The van der Waals surface area contributed by atoms with E-state index in [2.05, 4.69) is 20.5 Å². The van der Waals surface area contributed by atoms with Crippen molar-refractivity contribution in [1.82, 2.24) is 25.4 Å². The molecule has 2 N–H and O–H groups in total. The van der Waals surface area contributed by atoms with Crippen molar-refractivity contribution in [1.29, 1.82) is 0 Å². The van der Waals surface area contributed by atoms with Gasteiger partial charge < -0.3 is 10.2 Å². The number of carbonyl (C=O) groups excluding carboxylic acids is 2. The van der Waals surface area contributed by atoms with Crippen molar-refractivity contribution < 1.29 is 9.59 Å². The average Bonchev–Trinajstić information content (AvgIpc) is 3.20. The zero-order valence-electron chi connectivity index (χ0n) is 14.1. The Bertz CT molecular complexity index is 770. The number of rotatable bonds is 4. The van der Waals surface area contributed by atoms with Gasteiger partial charge in [0.1, 0.15) is 0 Å². The zero-order valence-corrected chi connectivity index (χ0v) is 14.1. The van der Waals surface area contributed by atoms with Crippen LogP contribution in [0.1, 0.15) is 46.8 Å². The van der Waals surface area contributed by atoms with Crippen LogP contribution in [0.4, 0.5) is 0 Å². The maximum atomic E-state index is 12.7. The molecule has 3 rings (SSSR count). The molecule has 2 aromatic heterocycles. The predicted octanol–water partition coefficient (Wildman–Crippen LogP) is 1.93. The van der Waals surface area contributed by atoms with Gasteiger partial charge in [-0.3, -0.25) is 19.7 Å². The normalized spacial score (nSPS) is 17.6. The molecule has 1 saturated heterocycles. The minimum absolute atomic E-state index is 0.0451. The molecule has 25 heavy (non-hydrogen) atoms. The van der Waals surface area contributed by atoms with Crippen molar-refractivity contribution in [3.8, 4) is 0 Å². The predicted molar refractivity (Wildman–Crippen MR) is 93.6 cm³/mol. The lowest BCUT2D eigenvalue weighted by molar-refractivity contribution is -0.129. The van der Waals surface area contributed by atoms with Crippen LogP contribution in [0.3, 0.4) is 0 Å². The van der Waals surface area contributed by atoms with Gasteiger partial charge in [-0.2, -0.15) is 5.10 Å². The number of aromatic nitrogens is 3. The molecule has 7 heteroatoms. The SMILES string of the molecule is CNC(=O)c1cncc(/C=C/C(=O)N2CCCCC2c2cn[nH]c2)c1. The van der Waals surface area contributed by atoms with E-state index in [1.807, 2.05) is 11.1 Å². The Morgan fingerprint density at radius 2 is 2.20 bits per heavy atom. The molecule has 2 amide bonds. The quantitative estimate of drug-likeness (QED) is 0.833. The molecule has 1 atom stereocenters. The van der Waals surface area contributed by atoms with E-state index in [9.17, 15) is 9.59 Å². The van der Waals surface area contributed by atoms with E-state index in [0.717, 1.165) is 31.4 Å². The topological polar surface area (TPSA) is 91.0 Å². The summed E-state index contributed by atoms with van der Waals surface area (Å²) in [6.07, 6.45) is 13.0. The Labute approximate surface area is 146 Å². The van der Waals surface area contributed by atoms with Gasteiger partial charge in [0.2, 0.25) is 5.91 Å². The first-order valence-electron chi connectivity index (χ1n) is 8.33. The van der Waals surface area contributed by atoms with E-state index in [4.69, 9.17) is 0 Å². The third-order valence-electron chi connectivity index (χ3n) is 4.36. The lowest BCUT2D eigenvalue weighted by Gasteiger charge is -2.34. The number of likely N-dealkylation sites (tertiary alicyclic amines) is 1. The molecular weight excluding hydrogens is 318 g/mol. The van der Waals surface area contributed by atoms with Crippen molar-refractivity contribution in [2.75, 3.05) is 13.6 Å². The lowest BCUT2D eigenvalue weighted by Crippen LogP contribution is -2.37. The minimum atomic E-state index is -0.204. The van der Waals surface area contributed by atoms with Crippen molar-refractivity contribution in [3.05, 3.63) is 53.6 Å². The third kappa shape index (κ3) is 3.93. The second-order valence-electron chi connectivity index (χ2n) is 5.99. The molecule has 1 fully saturated rings. The van der Waals surface area contributed by atoms with E-state index in [-0.39, 0.29) is 17.9 Å². The average molecular weight is 339 g/mol. The number of hydrogen-bond acceptors (Lipinski definition) is 4. The maximum absolute atomic E-state index is 12.7. The second kappa shape index (κ2) is 7.74. The van der Waals surface area contributed by atoms with Crippen molar-refractivity contribution >= 4 is 17.9 Å². The number of pyridine rings is 1. The Hall–Kier alpha value is -2.96. The third-order valence-corrected chi connectivity index (χ3v) is 4.36. The molecule has 0 aromatic carbocycles. The summed E-state index contributed by atoms with van der Waals surface area (Å²) in [5, 5.41) is 9.37. The highest BCUT2D eigenvalue weighted by atomic mass is 16.2. The van der Waals surface area contributed by atoms with Crippen LogP contribution in [0.5, 0.6) is 0 Å². The van der Waals surface area contributed by atoms with Gasteiger partial charge in [0, 0.05) is 43.8 Å². The fourth-order valence-electron chi connectivity index (χ4n) is 3.07. The van der Waals surface area contributed by atoms with Gasteiger partial charge in [-0.1, -0.05) is 0 Å². The largest absolute Gasteiger partial charge is 0.355 e. The number of nitrogens with one attached hydrogen (secondary N) is 2. The first kappa shape index (κ1) is 16.9. The molecule has 0 spiro atoms. The van der Waals surface area contributed by atoms with Crippen LogP contribution in [0.25, 0.3) is 6.08 Å². The number of aromatic amines is 1. The summed E-state index contributed by atoms with van der Waals surface area (Å²) in [4.78, 5) is 30.3. The van der Waals surface area contributed by atoms with E-state index in [1.54, 1.807) is 37.7 Å². The van der Waals surface area contributed by atoms with Gasteiger partial charge in [0.05, 0.1) is 17.8 Å². The minimum Gasteiger partial charge on any atom is -0.355 e. The highest BCUT2D eigenvalue weighted by molar-refractivity contribution is 5.95. The Kier molecular flexibility index (Phi) is 5.23. The van der Waals surface area contributed by atoms with Gasteiger partial charge in [0.25, 0.3) is 5.91 Å². The number of amides is 2. The summed E-state index contributed by atoms with van der Waals surface area (Å²) in [5.41, 5.74) is 2.21. The second-order valence-corrected chi connectivity index (χ2v) is 5.99. The van der Waals surface area contributed by atoms with Crippen molar-refractivity contribution in [2.24, 2.45) is 0 Å². The molecule has 1 unspecified atom stereocenters. The highest BCUT2D eigenvalue weighted by Gasteiger charge is 2.27. The number of hydrogen-bond donors (Lipinski definition) is 2. The number of H-pyrrole nitrogens is 1. The summed E-state index contributed by atoms with van der Waals surface area (Å²) < 4.78 is 0. The van der Waals surface area contributed by atoms with E-state index < -0.39 is 0 Å². The molecule has 0 radical (unpaired) electrons. The Morgan fingerprint density at radius 3 is 2.96 bits per heavy atom. The first-order chi connectivity index (χ1) is 12.2. The monoisotopic (exact) mass is 339 g/mol. The van der Waals surface area contributed by atoms with Gasteiger partial charge in [0.15, 0.2) is 0 Å². The zero-order chi connectivity index (χ0) is 17.6. The fraction of sp³-hybridized carbons (Fsp3) is 0.333. The fourth-order valence-corrected chi connectivity index (χ4v) is 3.07. The Morgan fingerprint density at radius 1 is 1.32 bits per heavy atom. The first-order valence-corrected chi connectivity index (χ1v) is 8.33. The van der Waals surface area contributed by atoms with Crippen molar-refractivity contribution in [3.63, 3.8) is 0 Å². The molecule has 3 heterocycles. The summed E-state index contributed by atoms with van der Waals surface area (Å²) >= 11 is 0. The molecule has 1 aliphatic heterocycles. The van der Waals surface area contributed by atoms with Crippen LogP contribution in [0, 0.1) is 0 Å². The summed E-state index contributed by atoms with van der Waals surface area (Å²) in [6.45, 7) is 0.732. The lowest BCUT2D eigenvalue weighted by atomic mass is 9.97. The number of carbonyl (C=O) groups is 2. The maximum Gasteiger partial charge on any atom is 0.252 e. The van der Waals surface area contributed by atoms with E-state index in [0.29, 0.717) is 11.1 Å². The van der Waals surface area contributed by atoms with Crippen LogP contribution in [-0.4, -0.2) is 45.5 Å². The van der Waals surface area contributed by atoms with Crippen LogP contribution >= 0.6 is 0 Å². The van der Waals surface area contributed by atoms with Crippen molar-refractivity contribution in [2.45, 2.75) is 25.3 Å². The number of piperidine rings is 1. The molecule has 0 aliphatic carbocycles. The van der Waals surface area contributed by atoms with Gasteiger partial charge in [-0.25, -0.2) is 0 Å². The van der Waals surface area contributed by atoms with Crippen LogP contribution in [0.15, 0.2) is 36.9 Å². The summed E-state index contributed by atoms with van der Waals surface area (Å²) in [7, 11) is 1.57. The molecule has 2 aromatic rings. The van der Waals surface area contributed by atoms with E-state index >= 15 is 0 Å². The van der Waals surface area contributed by atoms with Gasteiger partial charge >= 0.3 is 0 Å². The molecule has 130 valence electrons. The molecule has 0 bridgehead atoms. The standard InChI is InChI=1S/C18H21N5O2/c1-19-18(25)14-8-13(9-20-10-14)5-6-17(24)23-7-3-2-4-16(23)15-11-21-22-12-15/h5-6,8-12,16H,2-4,7H2,1H3,(H,19,25)(H,21,22)/b6-5+. The highest BCUT2D eigenvalue weighted by Crippen LogP contribution is 2.30. The molecule has 0 saturated carbocycles. The van der Waals surface area contributed by atoms with Crippen LogP contribution in [-0.2, 0) is 4.79 Å². The molecule has 7 nitrogen and oxygen atoms in total. The van der Waals surface area contributed by atoms with Gasteiger partial charge in [-0.15, -0.1) is 0 Å². The smallest absolute Gasteiger partial charge is 0.252 e. The van der Waals surface area contributed by atoms with Gasteiger partial charge in [-0.05, 0) is 37.0 Å².